The summed E-state index contributed by atoms with van der Waals surface area (Å²) < 4.78 is 0. The molecule has 0 spiro atoms. The average molecular weight is 243 g/mol. The zero-order chi connectivity index (χ0) is 13.0. The molecule has 2 rings (SSSR count). The zero-order valence-electron chi connectivity index (χ0n) is 9.85. The first-order valence-corrected chi connectivity index (χ1v) is 5.73. The van der Waals surface area contributed by atoms with Crippen LogP contribution in [0.2, 0.25) is 0 Å². The third kappa shape index (κ3) is 2.55. The normalized spacial score (nSPS) is 15.3. The van der Waals surface area contributed by atoms with E-state index in [0.29, 0.717) is 30.6 Å². The largest absolute Gasteiger partial charge is 0.320 e. The lowest BCUT2D eigenvalue weighted by Gasteiger charge is -2.23. The molecule has 1 aliphatic rings. The fourth-order valence-electron chi connectivity index (χ4n) is 1.78. The molecule has 92 valence electrons. The fraction of sp³-hybridized carbons (Fsp3) is 0.308. The lowest BCUT2D eigenvalue weighted by molar-refractivity contribution is -0.129. The first-order chi connectivity index (χ1) is 8.72. The van der Waals surface area contributed by atoms with Gasteiger partial charge in [0.15, 0.2) is 0 Å². The summed E-state index contributed by atoms with van der Waals surface area (Å²) in [6, 6.07) is 3.34. The first-order valence-electron chi connectivity index (χ1n) is 5.73. The van der Waals surface area contributed by atoms with Gasteiger partial charge in [-0.05, 0) is 18.6 Å². The molecule has 0 unspecified atom stereocenters. The van der Waals surface area contributed by atoms with Gasteiger partial charge in [0.05, 0.1) is 6.54 Å². The maximum Gasteiger partial charge on any atom is 0.234 e. The standard InChI is InChI=1S/C13H13N3O2/c14-7-2-3-10-6-8-15-11(9-10)16-12(17)4-1-5-13(16)18/h6,8-9H,1,4-5,7,14H2. The zero-order valence-corrected chi connectivity index (χ0v) is 9.85. The van der Waals surface area contributed by atoms with Gasteiger partial charge in [-0.3, -0.25) is 9.59 Å². The Morgan fingerprint density at radius 1 is 1.33 bits per heavy atom. The molecule has 5 heteroatoms. The maximum absolute atomic E-state index is 11.7. The van der Waals surface area contributed by atoms with E-state index in [2.05, 4.69) is 16.8 Å². The Bertz CT molecular complexity index is 527. The third-order valence-corrected chi connectivity index (χ3v) is 2.59. The molecule has 1 saturated heterocycles. The van der Waals surface area contributed by atoms with Gasteiger partial charge in [0.2, 0.25) is 11.8 Å². The minimum absolute atomic E-state index is 0.206. The first kappa shape index (κ1) is 12.3. The Labute approximate surface area is 105 Å². The molecule has 0 saturated carbocycles. The Balaban J connectivity index is 2.32. The fourth-order valence-corrected chi connectivity index (χ4v) is 1.78. The van der Waals surface area contributed by atoms with Crippen molar-refractivity contribution in [3.8, 4) is 11.8 Å². The number of pyridine rings is 1. The Morgan fingerprint density at radius 2 is 2.06 bits per heavy atom. The predicted octanol–water partition coefficient (Wildman–Crippen LogP) is 0.435. The molecule has 0 aromatic carbocycles. The molecule has 1 aromatic heterocycles. The molecule has 2 amide bonds. The Kier molecular flexibility index (Phi) is 3.70. The van der Waals surface area contributed by atoms with E-state index in [9.17, 15) is 9.59 Å². The van der Waals surface area contributed by atoms with Crippen molar-refractivity contribution >= 4 is 17.6 Å². The topological polar surface area (TPSA) is 76.3 Å². The van der Waals surface area contributed by atoms with Gasteiger partial charge >= 0.3 is 0 Å². The monoisotopic (exact) mass is 243 g/mol. The van der Waals surface area contributed by atoms with E-state index in [1.165, 1.54) is 6.20 Å². The highest BCUT2D eigenvalue weighted by molar-refractivity contribution is 6.15. The number of carbonyl (C=O) groups excluding carboxylic acids is 2. The minimum Gasteiger partial charge on any atom is -0.320 e. The second-order valence-electron chi connectivity index (χ2n) is 3.89. The van der Waals surface area contributed by atoms with E-state index in [1.54, 1.807) is 12.1 Å². The van der Waals surface area contributed by atoms with Gasteiger partial charge in [-0.2, -0.15) is 0 Å². The highest BCUT2D eigenvalue weighted by atomic mass is 16.2. The molecule has 0 bridgehead atoms. The predicted molar refractivity (Wildman–Crippen MR) is 66.5 cm³/mol. The van der Waals surface area contributed by atoms with Crippen molar-refractivity contribution in [3.05, 3.63) is 23.9 Å². The number of nitrogens with zero attached hydrogens (tertiary/aromatic N) is 2. The lowest BCUT2D eigenvalue weighted by atomic mass is 10.1. The van der Waals surface area contributed by atoms with Crippen LogP contribution in [0, 0.1) is 11.8 Å². The maximum atomic E-state index is 11.7. The summed E-state index contributed by atoms with van der Waals surface area (Å²) in [4.78, 5) is 28.7. The van der Waals surface area contributed by atoms with Gasteiger partial charge in [-0.1, -0.05) is 11.8 Å². The highest BCUT2D eigenvalue weighted by Crippen LogP contribution is 2.20. The van der Waals surface area contributed by atoms with Crippen LogP contribution >= 0.6 is 0 Å². The molecule has 1 fully saturated rings. The summed E-state index contributed by atoms with van der Waals surface area (Å²) >= 11 is 0. The number of amides is 2. The smallest absolute Gasteiger partial charge is 0.234 e. The number of piperidine rings is 1. The van der Waals surface area contributed by atoms with Crippen molar-refractivity contribution in [2.24, 2.45) is 5.73 Å². The second-order valence-corrected chi connectivity index (χ2v) is 3.89. The van der Waals surface area contributed by atoms with Crippen molar-refractivity contribution in [3.63, 3.8) is 0 Å². The number of imide groups is 1. The van der Waals surface area contributed by atoms with Gasteiger partial charge in [-0.25, -0.2) is 9.88 Å². The van der Waals surface area contributed by atoms with Crippen LogP contribution in [0.15, 0.2) is 18.3 Å². The van der Waals surface area contributed by atoms with Gasteiger partial charge in [0.1, 0.15) is 5.82 Å². The minimum atomic E-state index is -0.206. The van der Waals surface area contributed by atoms with Gasteiger partial charge in [-0.15, -0.1) is 0 Å². The number of nitrogens with two attached hydrogens (primary N) is 1. The summed E-state index contributed by atoms with van der Waals surface area (Å²) in [7, 11) is 0. The number of hydrogen-bond acceptors (Lipinski definition) is 4. The van der Waals surface area contributed by atoms with Crippen LogP contribution in [0.3, 0.4) is 0 Å². The van der Waals surface area contributed by atoms with Crippen LogP contribution < -0.4 is 10.6 Å². The SMILES string of the molecule is NCC#Cc1ccnc(N2C(=O)CCCC2=O)c1. The van der Waals surface area contributed by atoms with Crippen LogP contribution in [0.4, 0.5) is 5.82 Å². The second kappa shape index (κ2) is 5.43. The molecule has 5 nitrogen and oxygen atoms in total. The van der Waals surface area contributed by atoms with Crippen molar-refractivity contribution in [2.45, 2.75) is 19.3 Å². The van der Waals surface area contributed by atoms with E-state index in [-0.39, 0.29) is 18.4 Å². The molecule has 0 radical (unpaired) electrons. The van der Waals surface area contributed by atoms with E-state index in [4.69, 9.17) is 5.73 Å². The third-order valence-electron chi connectivity index (χ3n) is 2.59. The quantitative estimate of drug-likeness (QED) is 0.573. The molecular formula is C13H13N3O2. The molecule has 1 aliphatic heterocycles. The number of hydrogen-bond donors (Lipinski definition) is 1. The summed E-state index contributed by atoms with van der Waals surface area (Å²) in [5, 5.41) is 0. The molecule has 1 aromatic rings. The van der Waals surface area contributed by atoms with E-state index in [0.717, 1.165) is 4.90 Å². The summed E-state index contributed by atoms with van der Waals surface area (Å²) in [6.07, 6.45) is 2.91. The molecule has 0 aliphatic carbocycles. The van der Waals surface area contributed by atoms with Gasteiger partial charge < -0.3 is 5.73 Å². The Morgan fingerprint density at radius 3 is 2.72 bits per heavy atom. The van der Waals surface area contributed by atoms with Crippen molar-refractivity contribution in [1.29, 1.82) is 0 Å². The van der Waals surface area contributed by atoms with Crippen LogP contribution in [-0.2, 0) is 9.59 Å². The van der Waals surface area contributed by atoms with Crippen molar-refractivity contribution in [1.82, 2.24) is 4.98 Å². The number of rotatable bonds is 1. The van der Waals surface area contributed by atoms with E-state index >= 15 is 0 Å². The van der Waals surface area contributed by atoms with Crippen molar-refractivity contribution in [2.75, 3.05) is 11.4 Å². The number of carbonyl (C=O) groups is 2. The number of aromatic nitrogens is 1. The van der Waals surface area contributed by atoms with Crippen LogP contribution in [0.1, 0.15) is 24.8 Å². The molecule has 18 heavy (non-hydrogen) atoms. The summed E-state index contributed by atoms with van der Waals surface area (Å²) in [5.41, 5.74) is 5.98. The van der Waals surface area contributed by atoms with Crippen molar-refractivity contribution < 1.29 is 9.59 Å². The van der Waals surface area contributed by atoms with Crippen LogP contribution in [0.5, 0.6) is 0 Å². The average Bonchev–Trinajstić information content (AvgIpc) is 2.37. The van der Waals surface area contributed by atoms with Crippen LogP contribution in [-0.4, -0.2) is 23.3 Å². The summed E-state index contributed by atoms with van der Waals surface area (Å²) in [6.45, 7) is 0.263. The molecular weight excluding hydrogens is 230 g/mol. The van der Waals surface area contributed by atoms with Gasteiger partial charge in [0.25, 0.3) is 0 Å². The van der Waals surface area contributed by atoms with E-state index < -0.39 is 0 Å². The molecule has 2 heterocycles. The number of anilines is 1. The Hall–Kier alpha value is -2.19. The van der Waals surface area contributed by atoms with Crippen LogP contribution in [0.25, 0.3) is 0 Å². The summed E-state index contributed by atoms with van der Waals surface area (Å²) in [5.74, 6) is 5.50. The molecule has 0 atom stereocenters. The van der Waals surface area contributed by atoms with Gasteiger partial charge in [0, 0.05) is 24.6 Å². The molecule has 2 N–H and O–H groups in total. The van der Waals surface area contributed by atoms with E-state index in [1.807, 2.05) is 0 Å². The highest BCUT2D eigenvalue weighted by Gasteiger charge is 2.28. The lowest BCUT2D eigenvalue weighted by Crippen LogP contribution is -2.40.